The summed E-state index contributed by atoms with van der Waals surface area (Å²) in [6.07, 6.45) is 8.45. The number of hydrogen-bond donors (Lipinski definition) is 10. The summed E-state index contributed by atoms with van der Waals surface area (Å²) in [6.45, 7) is -0.496. The van der Waals surface area contributed by atoms with Crippen LogP contribution in [0.5, 0.6) is 0 Å². The quantitative estimate of drug-likeness (QED) is 0.0326. The van der Waals surface area contributed by atoms with Crippen LogP contribution in [0.3, 0.4) is 0 Å². The van der Waals surface area contributed by atoms with E-state index in [9.17, 15) is 57.6 Å². The maximum Gasteiger partial charge on any atom is 0.472 e. The normalized spacial score (nSPS) is 19.8. The van der Waals surface area contributed by atoms with Gasteiger partial charge in [-0.25, -0.2) is 19.1 Å². The number of phosphoric acid groups is 2. The molecular formula is C60H105N9O22P2. The monoisotopic (exact) mass is 1370 g/mol. The molecule has 31 nitrogen and oxygen atoms in total. The number of phosphoric ester groups is 2. The lowest BCUT2D eigenvalue weighted by Gasteiger charge is -2.34. The Labute approximate surface area is 545 Å². The van der Waals surface area contributed by atoms with Gasteiger partial charge in [0.05, 0.1) is 71.7 Å². The van der Waals surface area contributed by atoms with E-state index in [0.717, 1.165) is 7.11 Å². The number of aromatic nitrogens is 2. The highest BCUT2D eigenvalue weighted by Crippen LogP contribution is 2.50. The number of nitrogens with two attached hydrogens (primary N) is 2. The number of carbonyl (C=O) groups excluding carboxylic acids is 7. The maximum absolute atomic E-state index is 13.9. The third kappa shape index (κ3) is 32.8. The number of aliphatic hydroxyl groups is 3. The molecule has 0 saturated carbocycles. The minimum Gasteiger partial charge on any atom is -0.396 e. The first-order chi connectivity index (χ1) is 44.6. The molecule has 0 bridgehead atoms. The summed E-state index contributed by atoms with van der Waals surface area (Å²) in [7, 11) is -8.49. The molecule has 3 aliphatic heterocycles. The summed E-state index contributed by atoms with van der Waals surface area (Å²) < 4.78 is 70.6. The van der Waals surface area contributed by atoms with Crippen molar-refractivity contribution < 1.29 is 105 Å². The number of ketones is 4. The van der Waals surface area contributed by atoms with E-state index in [1.165, 1.54) is 11.2 Å². The summed E-state index contributed by atoms with van der Waals surface area (Å²) in [4.78, 5) is 122. The smallest absolute Gasteiger partial charge is 0.396 e. The van der Waals surface area contributed by atoms with Gasteiger partial charge in [0.15, 0.2) is 11.6 Å². The number of nitrogen functional groups attached to an aromatic ring is 1. The number of unbranched alkanes of at least 4 members (excludes halogenated alkanes) is 9. The van der Waals surface area contributed by atoms with Gasteiger partial charge in [0.1, 0.15) is 59.1 Å². The Morgan fingerprint density at radius 2 is 1.19 bits per heavy atom. The summed E-state index contributed by atoms with van der Waals surface area (Å²) in [5, 5.41) is 37.5. The van der Waals surface area contributed by atoms with Crippen LogP contribution in [0.15, 0.2) is 6.33 Å². The summed E-state index contributed by atoms with van der Waals surface area (Å²) in [6, 6.07) is -0.802. The number of fused-ring (bicyclic) bond motifs is 1. The molecule has 532 valence electrons. The van der Waals surface area contributed by atoms with Crippen LogP contribution in [0, 0.1) is 0 Å². The number of anilines is 3. The molecule has 2 saturated heterocycles. The van der Waals surface area contributed by atoms with E-state index in [-0.39, 0.29) is 158 Å². The van der Waals surface area contributed by atoms with Crippen molar-refractivity contribution in [2.75, 3.05) is 115 Å². The van der Waals surface area contributed by atoms with Crippen molar-refractivity contribution in [2.45, 2.75) is 216 Å². The number of likely N-dealkylation sites (tertiary alicyclic amines) is 1. The molecule has 0 spiro atoms. The Morgan fingerprint density at radius 1 is 0.667 bits per heavy atom. The highest BCUT2D eigenvalue weighted by molar-refractivity contribution is 7.47. The lowest BCUT2D eigenvalue weighted by Crippen LogP contribution is -2.58. The molecule has 1 aromatic heterocycles. The summed E-state index contributed by atoms with van der Waals surface area (Å²) >= 11 is 0. The van der Waals surface area contributed by atoms with Crippen molar-refractivity contribution in [1.29, 1.82) is 0 Å². The van der Waals surface area contributed by atoms with Crippen LogP contribution in [0.1, 0.15) is 180 Å². The zero-order valence-electron chi connectivity index (χ0n) is 54.2. The van der Waals surface area contributed by atoms with Crippen LogP contribution in [0.4, 0.5) is 17.3 Å². The Kier molecular flexibility index (Phi) is 39.2. The van der Waals surface area contributed by atoms with Crippen molar-refractivity contribution in [3.05, 3.63) is 6.33 Å². The summed E-state index contributed by atoms with van der Waals surface area (Å²) in [5.74, 6) is -0.230. The van der Waals surface area contributed by atoms with E-state index >= 15 is 0 Å². The number of ether oxygens (including phenoxy) is 4. The van der Waals surface area contributed by atoms with Crippen LogP contribution in [0.2, 0.25) is 0 Å². The van der Waals surface area contributed by atoms with E-state index in [4.69, 9.17) is 54.2 Å². The van der Waals surface area contributed by atoms with Crippen molar-refractivity contribution in [1.82, 2.24) is 25.5 Å². The second-order valence-electron chi connectivity index (χ2n) is 23.9. The maximum atomic E-state index is 13.9. The van der Waals surface area contributed by atoms with Crippen molar-refractivity contribution in [3.63, 3.8) is 0 Å². The zero-order valence-corrected chi connectivity index (χ0v) is 56.0. The largest absolute Gasteiger partial charge is 0.472 e. The Hall–Kier alpha value is -4.53. The minimum atomic E-state index is -4.94. The fourth-order valence-corrected chi connectivity index (χ4v) is 12.2. The van der Waals surface area contributed by atoms with Gasteiger partial charge in [-0.1, -0.05) is 19.3 Å². The van der Waals surface area contributed by atoms with Gasteiger partial charge in [0.25, 0.3) is 0 Å². The van der Waals surface area contributed by atoms with E-state index in [2.05, 4.69) is 30.4 Å². The third-order valence-corrected chi connectivity index (χ3v) is 17.9. The highest BCUT2D eigenvalue weighted by Gasteiger charge is 2.47. The minimum absolute atomic E-state index is 0.0136. The molecule has 0 aliphatic carbocycles. The van der Waals surface area contributed by atoms with Crippen molar-refractivity contribution in [2.24, 2.45) is 5.73 Å². The molecule has 3 aliphatic rings. The first-order valence-electron chi connectivity index (χ1n) is 32.8. The molecule has 93 heavy (non-hydrogen) atoms. The molecule has 33 heteroatoms. The molecule has 3 amide bonds. The van der Waals surface area contributed by atoms with Crippen molar-refractivity contribution in [3.8, 4) is 0 Å². The molecular weight excluding hydrogens is 1260 g/mol. The summed E-state index contributed by atoms with van der Waals surface area (Å²) in [5.41, 5.74) is 10.7. The number of hydrogen-bond acceptors (Lipinski definition) is 26. The van der Waals surface area contributed by atoms with Crippen LogP contribution >= 0.6 is 15.6 Å². The van der Waals surface area contributed by atoms with Crippen molar-refractivity contribution >= 4 is 73.8 Å². The average molecular weight is 1370 g/mol. The van der Waals surface area contributed by atoms with E-state index < -0.39 is 65.0 Å². The molecule has 2 fully saturated rings. The second kappa shape index (κ2) is 45.1. The average Bonchev–Trinajstić information content (AvgIpc) is 1.64. The predicted molar refractivity (Wildman–Crippen MR) is 340 cm³/mol. The van der Waals surface area contributed by atoms with Crippen LogP contribution in [0.25, 0.3) is 0 Å². The molecule has 3 unspecified atom stereocenters. The van der Waals surface area contributed by atoms with Crippen LogP contribution in [-0.4, -0.2) is 216 Å². The predicted octanol–water partition coefficient (Wildman–Crippen LogP) is 3.97. The van der Waals surface area contributed by atoms with Gasteiger partial charge in [-0.05, 0) is 90.0 Å². The lowest BCUT2D eigenvalue weighted by molar-refractivity contribution is -0.133. The first-order valence-corrected chi connectivity index (χ1v) is 35.8. The van der Waals surface area contributed by atoms with Gasteiger partial charge in [-0.2, -0.15) is 0 Å². The number of Topliss-reactive ketones (excluding diaryl/α,β-unsaturated/α-hetero) is 4. The van der Waals surface area contributed by atoms with Gasteiger partial charge in [0, 0.05) is 110 Å². The van der Waals surface area contributed by atoms with E-state index in [0.29, 0.717) is 159 Å². The number of amides is 3. The Balaban J connectivity index is 1.31. The molecule has 4 heterocycles. The number of nitrogens with one attached hydrogen (secondary N) is 3. The second-order valence-corrected chi connectivity index (χ2v) is 26.8. The zero-order chi connectivity index (χ0) is 67.9. The third-order valence-electron chi connectivity index (χ3n) is 16.0. The number of β-amino-alcohol motifs (C(OH)–C–C–N with tert-alkyl or cyclic N) is 1. The van der Waals surface area contributed by atoms with Gasteiger partial charge in [-0.15, -0.1) is 0 Å². The number of carbonyl (C=O) groups is 7. The van der Waals surface area contributed by atoms with E-state index in [1.54, 1.807) is 4.90 Å². The SMILES string of the molecule is COP(=O)(O)OC[C@H]1O[C@@H](N2CNc3c(N)ncnc32)C[C@@H]1OP(=O)(O)OC[C@@H]1C[C@@H](O)CN1C(=O)CCCCCCC(=O)NC(COCCC(=O)CCCCN)(COCCC(=O)CCCCCC(=O)CCCCO)COCCC(=O)NCCCCC(=O)CCCCO. The Bertz CT molecular complexity index is 2470. The van der Waals surface area contributed by atoms with Gasteiger partial charge < -0.3 is 81.3 Å². The molecule has 12 N–H and O–H groups in total. The van der Waals surface area contributed by atoms with Gasteiger partial charge in [0.2, 0.25) is 17.7 Å². The standard InChI is InChI=1S/C60H105N9O22P2/c1-84-92(80,81)89-39-52-51(36-56(90-52)69-44-66-57-58(62)64-43-65-59(57)69)91-93(82,83)88-38-45-35-50(76)37-68(45)55(79)24-8-3-2-7-23-54(78)67-60(41-86-33-26-49(75)19-9-13-28-61,40-85-32-25-48(74)18-6-4-5-17-46(72)21-11-15-30-70)42-87-34-27-53(77)63-29-14-10-20-47(73)22-12-16-31-71/h43,45,50-52,56,66,70-71,76H,2-42,44,61H2,1H3,(H,63,77)(H,67,78)(H,80,81)(H,82,83)(H2,62,64,65)/t45-,50+,51-,52+,56+,60?/m0/s1. The molecule has 4 rings (SSSR count). The van der Waals surface area contributed by atoms with Gasteiger partial charge in [-0.3, -0.25) is 51.7 Å². The molecule has 0 radical (unpaired) electrons. The molecule has 0 aromatic carbocycles. The number of aliphatic hydroxyl groups excluding tert-OH is 3. The molecule has 1 aromatic rings. The molecule has 8 atom stereocenters. The number of nitrogens with zero attached hydrogens (tertiary/aromatic N) is 4. The fourth-order valence-electron chi connectivity index (χ4n) is 10.8. The van der Waals surface area contributed by atoms with Crippen LogP contribution < -0.4 is 32.3 Å². The van der Waals surface area contributed by atoms with Gasteiger partial charge >= 0.3 is 15.6 Å². The fraction of sp³-hybridized carbons (Fsp3) is 0.817. The Morgan fingerprint density at radius 3 is 1.78 bits per heavy atom. The first kappa shape index (κ1) is 80.9. The topological polar surface area (TPSA) is 449 Å². The number of rotatable bonds is 56. The highest BCUT2D eigenvalue weighted by atomic mass is 31.2. The van der Waals surface area contributed by atoms with E-state index in [1.807, 2.05) is 0 Å². The lowest BCUT2D eigenvalue weighted by atomic mass is 10.0. The van der Waals surface area contributed by atoms with Crippen LogP contribution in [-0.2, 0) is 79.7 Å².